The molecule has 1 aromatic heterocycles. The number of fused-ring (bicyclic) bond motifs is 1. The summed E-state index contributed by atoms with van der Waals surface area (Å²) < 4.78 is 47.9. The van der Waals surface area contributed by atoms with E-state index in [1.165, 1.54) is 26.6 Å². The third kappa shape index (κ3) is 5.63. The van der Waals surface area contributed by atoms with Crippen molar-refractivity contribution in [3.8, 4) is 6.07 Å². The van der Waals surface area contributed by atoms with Gasteiger partial charge in [0.2, 0.25) is 11.6 Å². The number of carbonyl (C=O) groups excluding carboxylic acids is 1. The molecule has 216 valence electrons. The molecule has 4 aromatic rings. The van der Waals surface area contributed by atoms with Crippen LogP contribution in [0, 0.1) is 17.9 Å². The van der Waals surface area contributed by atoms with Crippen LogP contribution in [0.5, 0.6) is 0 Å². The van der Waals surface area contributed by atoms with Crippen LogP contribution in [0.2, 0.25) is 0 Å². The first-order valence-electron chi connectivity index (χ1n) is 13.2. The van der Waals surface area contributed by atoms with Crippen LogP contribution in [0.15, 0.2) is 90.3 Å². The lowest BCUT2D eigenvalue weighted by Gasteiger charge is -2.34. The van der Waals surface area contributed by atoms with Crippen LogP contribution in [-0.2, 0) is 17.5 Å². The van der Waals surface area contributed by atoms with Gasteiger partial charge in [0.05, 0.1) is 23.8 Å². The van der Waals surface area contributed by atoms with Crippen molar-refractivity contribution in [2.24, 2.45) is 0 Å². The summed E-state index contributed by atoms with van der Waals surface area (Å²) in [7, 11) is 0. The van der Waals surface area contributed by atoms with Gasteiger partial charge in [-0.1, -0.05) is 48.5 Å². The first-order chi connectivity index (χ1) is 20.7. The number of allylic oxidation sites excluding steroid dienone is 2. The standard InChI is InChI=1S/C31H24F3N7O2/c1-4-39(30(42)43-19-22-9-6-5-7-10-22)28-37-29-40(25-12-8-11-24(17-25)31(32,33)34)20(2)26(36-3)27(41(29)38-28)23-15-13-21(18-35)14-16-23/h5-17,27H,4,19H2,1-2H3/t27-/m1/s1. The number of halogens is 3. The van der Waals surface area contributed by atoms with Crippen molar-refractivity contribution in [2.45, 2.75) is 32.7 Å². The van der Waals surface area contributed by atoms with E-state index in [1.807, 2.05) is 30.3 Å². The second-order valence-corrected chi connectivity index (χ2v) is 9.54. The molecule has 0 saturated carbocycles. The topological polar surface area (TPSA) is 91.6 Å². The van der Waals surface area contributed by atoms with Gasteiger partial charge in [-0.05, 0) is 55.3 Å². The van der Waals surface area contributed by atoms with Gasteiger partial charge in [0, 0.05) is 17.9 Å². The number of nitrogens with zero attached hydrogens (tertiary/aromatic N) is 7. The van der Waals surface area contributed by atoms with E-state index in [4.69, 9.17) is 11.3 Å². The summed E-state index contributed by atoms with van der Waals surface area (Å²) in [6.07, 6.45) is -5.32. The van der Waals surface area contributed by atoms with Crippen LogP contribution in [0.1, 0.15) is 42.1 Å². The lowest BCUT2D eigenvalue weighted by Crippen LogP contribution is -2.32. The van der Waals surface area contributed by atoms with Crippen LogP contribution >= 0.6 is 0 Å². The van der Waals surface area contributed by atoms with Crippen LogP contribution in [-0.4, -0.2) is 27.4 Å². The van der Waals surface area contributed by atoms with E-state index in [9.17, 15) is 23.2 Å². The molecule has 1 amide bonds. The van der Waals surface area contributed by atoms with Crippen LogP contribution in [0.4, 0.5) is 35.5 Å². The summed E-state index contributed by atoms with van der Waals surface area (Å²) in [6, 6.07) is 21.6. The molecular weight excluding hydrogens is 559 g/mol. The van der Waals surface area contributed by atoms with Crippen LogP contribution < -0.4 is 9.80 Å². The van der Waals surface area contributed by atoms with Crippen molar-refractivity contribution in [1.82, 2.24) is 14.8 Å². The van der Waals surface area contributed by atoms with Gasteiger partial charge < -0.3 is 4.74 Å². The smallest absolute Gasteiger partial charge is 0.417 e. The summed E-state index contributed by atoms with van der Waals surface area (Å²) >= 11 is 0. The van der Waals surface area contributed by atoms with Crippen molar-refractivity contribution in [3.63, 3.8) is 0 Å². The van der Waals surface area contributed by atoms with E-state index in [1.54, 1.807) is 38.1 Å². The Hall–Kier alpha value is -5.62. The molecule has 9 nitrogen and oxygen atoms in total. The Morgan fingerprint density at radius 2 is 1.84 bits per heavy atom. The zero-order chi connectivity index (χ0) is 30.7. The first kappa shape index (κ1) is 28.9. The SMILES string of the molecule is [C-]#[N+]C1=C(C)N(c2cccc(C(F)(F)F)c2)c2nc(N(CC)C(=O)OCc3ccccc3)nn2[C@@H]1c1ccc(C#N)cc1. The number of alkyl halides is 3. The zero-order valence-electron chi connectivity index (χ0n) is 23.1. The number of aromatic nitrogens is 3. The average molecular weight is 584 g/mol. The highest BCUT2D eigenvalue weighted by Gasteiger charge is 2.39. The van der Waals surface area contributed by atoms with E-state index in [0.29, 0.717) is 16.8 Å². The zero-order valence-corrected chi connectivity index (χ0v) is 23.1. The second kappa shape index (κ2) is 11.7. The molecule has 0 N–H and O–H groups in total. The quantitative estimate of drug-likeness (QED) is 0.223. The Kier molecular flexibility index (Phi) is 7.86. The number of carbonyl (C=O) groups is 1. The third-order valence-electron chi connectivity index (χ3n) is 6.90. The minimum Gasteiger partial charge on any atom is -0.444 e. The molecule has 2 heterocycles. The van der Waals surface area contributed by atoms with Crippen LogP contribution in [0.3, 0.4) is 0 Å². The molecule has 1 aliphatic rings. The van der Waals surface area contributed by atoms with E-state index < -0.39 is 23.9 Å². The minimum absolute atomic E-state index is 0.0104. The molecule has 3 aromatic carbocycles. The van der Waals surface area contributed by atoms with E-state index in [2.05, 4.69) is 21.0 Å². The number of nitriles is 1. The lowest BCUT2D eigenvalue weighted by molar-refractivity contribution is -0.137. The molecule has 1 aliphatic heterocycles. The highest BCUT2D eigenvalue weighted by atomic mass is 19.4. The lowest BCUT2D eigenvalue weighted by atomic mass is 9.99. The molecule has 43 heavy (non-hydrogen) atoms. The molecular formula is C31H24F3N7O2. The largest absolute Gasteiger partial charge is 0.444 e. The molecule has 0 unspecified atom stereocenters. The number of benzene rings is 3. The van der Waals surface area contributed by atoms with Gasteiger partial charge in [-0.25, -0.2) is 19.2 Å². The van der Waals surface area contributed by atoms with Gasteiger partial charge in [0.25, 0.3) is 5.95 Å². The summed E-state index contributed by atoms with van der Waals surface area (Å²) in [5.41, 5.74) is 1.55. The van der Waals surface area contributed by atoms with Crippen molar-refractivity contribution in [2.75, 3.05) is 16.3 Å². The third-order valence-corrected chi connectivity index (χ3v) is 6.90. The number of anilines is 3. The van der Waals surface area contributed by atoms with E-state index in [0.717, 1.165) is 17.7 Å². The number of amides is 1. The Labute approximate surface area is 245 Å². The van der Waals surface area contributed by atoms with Gasteiger partial charge in [0.15, 0.2) is 0 Å². The summed E-state index contributed by atoms with van der Waals surface area (Å²) in [5.74, 6) is 0.0492. The predicted octanol–water partition coefficient (Wildman–Crippen LogP) is 7.22. The Balaban J connectivity index is 1.63. The Bertz CT molecular complexity index is 1770. The minimum atomic E-state index is -4.60. The average Bonchev–Trinajstić information content (AvgIpc) is 3.44. The molecule has 0 fully saturated rings. The molecule has 12 heteroatoms. The van der Waals surface area contributed by atoms with Crippen LogP contribution in [0.25, 0.3) is 4.85 Å². The van der Waals surface area contributed by atoms with Crippen molar-refractivity contribution >= 4 is 23.7 Å². The summed E-state index contributed by atoms with van der Waals surface area (Å²) in [5, 5.41) is 13.9. The molecule has 0 saturated heterocycles. The fourth-order valence-corrected chi connectivity index (χ4v) is 4.78. The van der Waals surface area contributed by atoms with Crippen molar-refractivity contribution < 1.29 is 22.7 Å². The maximum Gasteiger partial charge on any atom is 0.417 e. The predicted molar refractivity (Wildman–Crippen MR) is 152 cm³/mol. The second-order valence-electron chi connectivity index (χ2n) is 9.54. The molecule has 0 radical (unpaired) electrons. The monoisotopic (exact) mass is 583 g/mol. The van der Waals surface area contributed by atoms with E-state index >= 15 is 0 Å². The molecule has 5 rings (SSSR count). The normalized spacial score (nSPS) is 14.5. The maximum atomic E-state index is 13.7. The number of ether oxygens (including phenoxy) is 1. The van der Waals surface area contributed by atoms with Gasteiger partial charge in [-0.15, -0.1) is 5.10 Å². The van der Waals surface area contributed by atoms with E-state index in [-0.39, 0.29) is 36.4 Å². The Morgan fingerprint density at radius 1 is 1.12 bits per heavy atom. The highest BCUT2D eigenvalue weighted by Crippen LogP contribution is 2.44. The number of hydrogen-bond donors (Lipinski definition) is 0. The highest BCUT2D eigenvalue weighted by molar-refractivity contribution is 5.85. The molecule has 0 bridgehead atoms. The number of rotatable bonds is 6. The fourth-order valence-electron chi connectivity index (χ4n) is 4.78. The fraction of sp³-hybridized carbons (Fsp3) is 0.194. The van der Waals surface area contributed by atoms with Crippen molar-refractivity contribution in [3.05, 3.63) is 124 Å². The van der Waals surface area contributed by atoms with Gasteiger partial charge in [-0.3, -0.25) is 4.90 Å². The Morgan fingerprint density at radius 3 is 2.47 bits per heavy atom. The first-order valence-corrected chi connectivity index (χ1v) is 13.2. The van der Waals surface area contributed by atoms with Crippen molar-refractivity contribution in [1.29, 1.82) is 5.26 Å². The summed E-state index contributed by atoms with van der Waals surface area (Å²) in [4.78, 5) is 24.2. The van der Waals surface area contributed by atoms with Gasteiger partial charge in [0.1, 0.15) is 12.6 Å². The molecule has 1 atom stereocenters. The maximum absolute atomic E-state index is 13.7. The van der Waals surface area contributed by atoms with Gasteiger partial charge >= 0.3 is 12.3 Å². The molecule has 0 spiro atoms. The van der Waals surface area contributed by atoms with Gasteiger partial charge in [-0.2, -0.15) is 23.4 Å². The molecule has 0 aliphatic carbocycles. The summed E-state index contributed by atoms with van der Waals surface area (Å²) in [6.45, 7) is 11.5. The number of hydrogen-bond acceptors (Lipinski definition) is 6.